The van der Waals surface area contributed by atoms with E-state index in [2.05, 4.69) is 36.1 Å². The highest BCUT2D eigenvalue weighted by Crippen LogP contribution is 2.44. The Bertz CT molecular complexity index is 314. The molecule has 1 fully saturated rings. The number of nitrogens with zero attached hydrogens (tertiary/aromatic N) is 1. The molecule has 0 radical (unpaired) electrons. The van der Waals surface area contributed by atoms with Crippen molar-refractivity contribution in [3.05, 3.63) is 35.4 Å². The molecule has 1 aliphatic heterocycles. The first-order valence-corrected chi connectivity index (χ1v) is 5.10. The molecule has 3 rings (SSSR count). The first-order valence-electron chi connectivity index (χ1n) is 5.10. The summed E-state index contributed by atoms with van der Waals surface area (Å²) in [7, 11) is 0. The van der Waals surface area contributed by atoms with Gasteiger partial charge in [0.1, 0.15) is 0 Å². The van der Waals surface area contributed by atoms with Gasteiger partial charge in [-0.25, -0.2) is 0 Å². The highest BCUT2D eigenvalue weighted by Gasteiger charge is 2.44. The van der Waals surface area contributed by atoms with Gasteiger partial charge >= 0.3 is 0 Å². The summed E-state index contributed by atoms with van der Waals surface area (Å²) in [5, 5.41) is 0. The van der Waals surface area contributed by atoms with Gasteiger partial charge in [0.05, 0.1) is 0 Å². The van der Waals surface area contributed by atoms with Gasteiger partial charge in [-0.2, -0.15) is 0 Å². The molecule has 1 saturated carbocycles. The van der Waals surface area contributed by atoms with Crippen molar-refractivity contribution in [1.29, 1.82) is 0 Å². The summed E-state index contributed by atoms with van der Waals surface area (Å²) in [6.45, 7) is 4.73. The number of hydrogen-bond donors (Lipinski definition) is 0. The molecule has 0 amide bonds. The molecule has 68 valence electrons. The summed E-state index contributed by atoms with van der Waals surface area (Å²) >= 11 is 0. The van der Waals surface area contributed by atoms with Crippen LogP contribution < -0.4 is 0 Å². The maximum atomic E-state index is 2.62. The Hall–Kier alpha value is -0.820. The third kappa shape index (κ3) is 1.11. The normalized spacial score (nSPS) is 24.4. The Labute approximate surface area is 79.4 Å². The molecule has 0 aromatic heterocycles. The van der Waals surface area contributed by atoms with Gasteiger partial charge in [0.25, 0.3) is 0 Å². The maximum Gasteiger partial charge on any atom is 0.0245 e. The Morgan fingerprint density at radius 2 is 1.62 bits per heavy atom. The Balaban J connectivity index is 1.89. The minimum atomic E-state index is 0.541. The van der Waals surface area contributed by atoms with E-state index in [1.54, 1.807) is 0 Å². The molecule has 1 aromatic carbocycles. The topological polar surface area (TPSA) is 3.24 Å². The molecule has 13 heavy (non-hydrogen) atoms. The lowest BCUT2D eigenvalue weighted by atomic mass is 10.1. The molecule has 0 atom stereocenters. The van der Waals surface area contributed by atoms with Crippen LogP contribution in [0, 0.1) is 0 Å². The molecule has 1 nitrogen and oxygen atoms in total. The van der Waals surface area contributed by atoms with E-state index in [1.807, 2.05) is 0 Å². The first kappa shape index (κ1) is 7.57. The van der Waals surface area contributed by atoms with E-state index in [-0.39, 0.29) is 0 Å². The summed E-state index contributed by atoms with van der Waals surface area (Å²) < 4.78 is 0. The van der Waals surface area contributed by atoms with Crippen LogP contribution in [0.4, 0.5) is 0 Å². The molecule has 1 aliphatic carbocycles. The fourth-order valence-electron chi connectivity index (χ4n) is 2.21. The SMILES string of the molecule is CC1(N2Cc3ccccc3C2)CC1. The predicted molar refractivity (Wildman–Crippen MR) is 53.3 cm³/mol. The van der Waals surface area contributed by atoms with E-state index in [4.69, 9.17) is 0 Å². The zero-order valence-electron chi connectivity index (χ0n) is 8.09. The molecular formula is C12H15N. The molecule has 0 unspecified atom stereocenters. The van der Waals surface area contributed by atoms with Crippen molar-refractivity contribution in [3.8, 4) is 0 Å². The van der Waals surface area contributed by atoms with Crippen molar-refractivity contribution in [1.82, 2.24) is 4.90 Å². The van der Waals surface area contributed by atoms with Crippen LogP contribution in [0.25, 0.3) is 0 Å². The molecule has 0 spiro atoms. The average Bonchev–Trinajstić information content (AvgIpc) is 2.76. The van der Waals surface area contributed by atoms with Crippen molar-refractivity contribution in [2.75, 3.05) is 0 Å². The van der Waals surface area contributed by atoms with E-state index in [0.717, 1.165) is 0 Å². The van der Waals surface area contributed by atoms with Crippen LogP contribution in [0.15, 0.2) is 24.3 Å². The van der Waals surface area contributed by atoms with E-state index >= 15 is 0 Å². The Morgan fingerprint density at radius 3 is 2.08 bits per heavy atom. The monoisotopic (exact) mass is 173 g/mol. The van der Waals surface area contributed by atoms with Crippen LogP contribution in [-0.4, -0.2) is 10.4 Å². The minimum absolute atomic E-state index is 0.541. The summed E-state index contributed by atoms with van der Waals surface area (Å²) in [6.07, 6.45) is 2.78. The molecule has 2 aliphatic rings. The number of fused-ring (bicyclic) bond motifs is 1. The quantitative estimate of drug-likeness (QED) is 0.631. The largest absolute Gasteiger partial charge is 0.289 e. The molecular weight excluding hydrogens is 158 g/mol. The van der Waals surface area contributed by atoms with Crippen LogP contribution in [0.5, 0.6) is 0 Å². The summed E-state index contributed by atoms with van der Waals surface area (Å²) in [5.74, 6) is 0. The van der Waals surface area contributed by atoms with E-state index in [1.165, 1.54) is 37.1 Å². The van der Waals surface area contributed by atoms with E-state index < -0.39 is 0 Å². The van der Waals surface area contributed by atoms with Crippen molar-refractivity contribution >= 4 is 0 Å². The van der Waals surface area contributed by atoms with Gasteiger partial charge in [-0.15, -0.1) is 0 Å². The molecule has 1 heterocycles. The zero-order chi connectivity index (χ0) is 8.89. The van der Waals surface area contributed by atoms with E-state index in [9.17, 15) is 0 Å². The van der Waals surface area contributed by atoms with Gasteiger partial charge in [-0.1, -0.05) is 24.3 Å². The molecule has 1 heteroatoms. The number of rotatable bonds is 1. The van der Waals surface area contributed by atoms with Crippen molar-refractivity contribution in [2.24, 2.45) is 0 Å². The highest BCUT2D eigenvalue weighted by molar-refractivity contribution is 5.31. The van der Waals surface area contributed by atoms with Gasteiger partial charge in [-0.3, -0.25) is 4.90 Å². The lowest BCUT2D eigenvalue weighted by Gasteiger charge is -2.22. The molecule has 1 aromatic rings. The molecule has 0 N–H and O–H groups in total. The predicted octanol–water partition coefficient (Wildman–Crippen LogP) is 2.55. The van der Waals surface area contributed by atoms with Crippen LogP contribution >= 0.6 is 0 Å². The van der Waals surface area contributed by atoms with Crippen LogP contribution in [-0.2, 0) is 13.1 Å². The number of hydrogen-bond acceptors (Lipinski definition) is 1. The van der Waals surface area contributed by atoms with Crippen molar-refractivity contribution < 1.29 is 0 Å². The van der Waals surface area contributed by atoms with Crippen molar-refractivity contribution in [3.63, 3.8) is 0 Å². The second-order valence-electron chi connectivity index (χ2n) is 4.62. The summed E-state index contributed by atoms with van der Waals surface area (Å²) in [5.41, 5.74) is 3.62. The minimum Gasteiger partial charge on any atom is -0.289 e. The maximum absolute atomic E-state index is 2.62. The van der Waals surface area contributed by atoms with Crippen molar-refractivity contribution in [2.45, 2.75) is 38.4 Å². The van der Waals surface area contributed by atoms with Gasteiger partial charge in [0.2, 0.25) is 0 Å². The molecule has 0 bridgehead atoms. The third-order valence-electron chi connectivity index (χ3n) is 3.58. The lowest BCUT2D eigenvalue weighted by Crippen LogP contribution is -2.29. The summed E-state index contributed by atoms with van der Waals surface area (Å²) in [6, 6.07) is 8.83. The molecule has 0 saturated heterocycles. The average molecular weight is 173 g/mol. The lowest BCUT2D eigenvalue weighted by molar-refractivity contribution is 0.194. The Kier molecular flexibility index (Phi) is 1.37. The standard InChI is InChI=1S/C12H15N/c1-12(6-7-12)13-8-10-4-2-3-5-11(10)9-13/h2-5H,6-9H2,1H3. The first-order chi connectivity index (χ1) is 6.28. The van der Waals surface area contributed by atoms with Crippen LogP contribution in [0.1, 0.15) is 30.9 Å². The fourth-order valence-corrected chi connectivity index (χ4v) is 2.21. The van der Waals surface area contributed by atoms with Gasteiger partial charge < -0.3 is 0 Å². The van der Waals surface area contributed by atoms with Crippen LogP contribution in [0.3, 0.4) is 0 Å². The van der Waals surface area contributed by atoms with Gasteiger partial charge in [0.15, 0.2) is 0 Å². The van der Waals surface area contributed by atoms with Gasteiger partial charge in [-0.05, 0) is 30.9 Å². The van der Waals surface area contributed by atoms with Gasteiger partial charge in [0, 0.05) is 18.6 Å². The zero-order valence-corrected chi connectivity index (χ0v) is 8.09. The smallest absolute Gasteiger partial charge is 0.0245 e. The Morgan fingerprint density at radius 1 is 1.08 bits per heavy atom. The highest BCUT2D eigenvalue weighted by atomic mass is 15.2. The number of benzene rings is 1. The van der Waals surface area contributed by atoms with E-state index in [0.29, 0.717) is 5.54 Å². The second kappa shape index (κ2) is 2.36. The second-order valence-corrected chi connectivity index (χ2v) is 4.62. The fraction of sp³-hybridized carbons (Fsp3) is 0.500. The van der Waals surface area contributed by atoms with Crippen LogP contribution in [0.2, 0.25) is 0 Å². The third-order valence-corrected chi connectivity index (χ3v) is 3.58. The summed E-state index contributed by atoms with van der Waals surface area (Å²) in [4.78, 5) is 2.62.